The van der Waals surface area contributed by atoms with Gasteiger partial charge < -0.3 is 19.0 Å². The molecule has 18 heavy (non-hydrogen) atoms. The fourth-order valence-corrected chi connectivity index (χ4v) is 2.32. The highest BCUT2D eigenvalue weighted by atomic mass is 16.5. The van der Waals surface area contributed by atoms with Crippen molar-refractivity contribution < 1.29 is 23.8 Å². The van der Waals surface area contributed by atoms with E-state index in [0.717, 1.165) is 0 Å². The molecule has 0 saturated carbocycles. The summed E-state index contributed by atoms with van der Waals surface area (Å²) in [5.74, 6) is 0.297. The summed E-state index contributed by atoms with van der Waals surface area (Å²) in [4.78, 5) is 12.1. The molecule has 0 saturated heterocycles. The van der Waals surface area contributed by atoms with Crippen molar-refractivity contribution in [2.45, 2.75) is 19.4 Å². The number of furan rings is 1. The Balaban J connectivity index is 2.42. The third-order valence-electron chi connectivity index (χ3n) is 3.07. The normalized spacial score (nSPS) is 18.6. The first-order chi connectivity index (χ1) is 8.63. The van der Waals surface area contributed by atoms with Crippen LogP contribution in [0.15, 0.2) is 16.7 Å². The Labute approximate surface area is 103 Å². The Morgan fingerprint density at radius 2 is 2.28 bits per heavy atom. The summed E-state index contributed by atoms with van der Waals surface area (Å²) >= 11 is 0. The van der Waals surface area contributed by atoms with E-state index in [-0.39, 0.29) is 35.4 Å². The molecule has 3 rings (SSSR count). The Morgan fingerprint density at radius 3 is 3.00 bits per heavy atom. The Bertz CT molecular complexity index is 640. The largest absolute Gasteiger partial charge is 0.502 e. The van der Waals surface area contributed by atoms with Gasteiger partial charge in [0.15, 0.2) is 17.1 Å². The number of phenols is 1. The van der Waals surface area contributed by atoms with Gasteiger partial charge in [0, 0.05) is 6.42 Å². The van der Waals surface area contributed by atoms with Crippen LogP contribution in [0.1, 0.15) is 23.7 Å². The highest BCUT2D eigenvalue weighted by molar-refractivity contribution is 6.09. The van der Waals surface area contributed by atoms with E-state index in [2.05, 4.69) is 0 Å². The molecule has 1 atom stereocenters. The number of carbonyl (C=O) groups is 1. The predicted molar refractivity (Wildman–Crippen MR) is 63.5 cm³/mol. The third-order valence-corrected chi connectivity index (χ3v) is 3.07. The average Bonchev–Trinajstić information content (AvgIpc) is 2.80. The minimum atomic E-state index is -0.270. The molecule has 0 spiro atoms. The van der Waals surface area contributed by atoms with Crippen LogP contribution in [-0.2, 0) is 0 Å². The number of phenolic OH excluding ortho intramolecular Hbond substituents is 1. The van der Waals surface area contributed by atoms with E-state index in [1.165, 1.54) is 13.4 Å². The van der Waals surface area contributed by atoms with Gasteiger partial charge in [0.25, 0.3) is 0 Å². The number of ketones is 1. The molecule has 0 bridgehead atoms. The summed E-state index contributed by atoms with van der Waals surface area (Å²) < 4.78 is 16.0. The van der Waals surface area contributed by atoms with Gasteiger partial charge in [-0.3, -0.25) is 4.79 Å². The van der Waals surface area contributed by atoms with Crippen LogP contribution < -0.4 is 9.47 Å². The summed E-state index contributed by atoms with van der Waals surface area (Å²) in [5.41, 5.74) is 0.564. The van der Waals surface area contributed by atoms with Gasteiger partial charge in [0.2, 0.25) is 5.75 Å². The standard InChI is InChI=1S/C13H12O5/c1-6-5-8(14)9-11(16-2)7-3-4-17-12(7)10(15)13(9)18-6/h3-4,6,15H,5H2,1-2H3. The third kappa shape index (κ3) is 1.30. The Hall–Kier alpha value is -2.17. The van der Waals surface area contributed by atoms with Crippen molar-refractivity contribution in [3.8, 4) is 17.2 Å². The predicted octanol–water partition coefficient (Wildman–Crippen LogP) is 2.50. The molecule has 0 aliphatic carbocycles. The lowest BCUT2D eigenvalue weighted by Crippen LogP contribution is -2.24. The fourth-order valence-electron chi connectivity index (χ4n) is 2.32. The smallest absolute Gasteiger partial charge is 0.203 e. The lowest BCUT2D eigenvalue weighted by molar-refractivity contribution is 0.0860. The molecule has 5 heteroatoms. The van der Waals surface area contributed by atoms with E-state index >= 15 is 0 Å². The van der Waals surface area contributed by atoms with Crippen molar-refractivity contribution in [2.75, 3.05) is 7.11 Å². The second-order valence-electron chi connectivity index (χ2n) is 4.31. The minimum absolute atomic E-state index is 0.0981. The lowest BCUT2D eigenvalue weighted by atomic mass is 9.98. The van der Waals surface area contributed by atoms with Gasteiger partial charge in [-0.25, -0.2) is 0 Å². The van der Waals surface area contributed by atoms with Crippen LogP contribution in [0.25, 0.3) is 11.0 Å². The topological polar surface area (TPSA) is 68.9 Å². The van der Waals surface area contributed by atoms with Gasteiger partial charge in [0.05, 0.1) is 18.8 Å². The Morgan fingerprint density at radius 1 is 1.50 bits per heavy atom. The van der Waals surface area contributed by atoms with Crippen LogP contribution in [-0.4, -0.2) is 24.1 Å². The first-order valence-electron chi connectivity index (χ1n) is 5.63. The minimum Gasteiger partial charge on any atom is -0.502 e. The van der Waals surface area contributed by atoms with Gasteiger partial charge in [0.1, 0.15) is 17.4 Å². The maximum absolute atomic E-state index is 12.1. The van der Waals surface area contributed by atoms with Crippen LogP contribution in [0, 0.1) is 0 Å². The monoisotopic (exact) mass is 248 g/mol. The van der Waals surface area contributed by atoms with Gasteiger partial charge in [-0.1, -0.05) is 0 Å². The van der Waals surface area contributed by atoms with Crippen molar-refractivity contribution >= 4 is 16.8 Å². The van der Waals surface area contributed by atoms with Crippen LogP contribution in [0.3, 0.4) is 0 Å². The van der Waals surface area contributed by atoms with E-state index in [0.29, 0.717) is 16.7 Å². The van der Waals surface area contributed by atoms with Crippen molar-refractivity contribution in [1.29, 1.82) is 0 Å². The Kier molecular flexibility index (Phi) is 2.23. The molecule has 1 aromatic carbocycles. The maximum atomic E-state index is 12.1. The summed E-state index contributed by atoms with van der Waals surface area (Å²) in [7, 11) is 1.48. The number of methoxy groups -OCH3 is 1. The number of rotatable bonds is 1. The molecule has 2 heterocycles. The second-order valence-corrected chi connectivity index (χ2v) is 4.31. The van der Waals surface area contributed by atoms with Crippen molar-refractivity contribution in [1.82, 2.24) is 0 Å². The molecule has 5 nitrogen and oxygen atoms in total. The second kappa shape index (κ2) is 3.66. The van der Waals surface area contributed by atoms with E-state index in [1.54, 1.807) is 13.0 Å². The first kappa shape index (κ1) is 11.0. The molecule has 1 aliphatic rings. The molecule has 1 unspecified atom stereocenters. The number of fused-ring (bicyclic) bond motifs is 2. The van der Waals surface area contributed by atoms with Crippen LogP contribution in [0.4, 0.5) is 0 Å². The van der Waals surface area contributed by atoms with Crippen LogP contribution in [0.2, 0.25) is 0 Å². The summed E-state index contributed by atoms with van der Waals surface area (Å²) in [6, 6.07) is 1.65. The van der Waals surface area contributed by atoms with E-state index in [9.17, 15) is 9.90 Å². The average molecular weight is 248 g/mol. The number of benzene rings is 1. The molecule has 1 aliphatic heterocycles. The SMILES string of the molecule is COc1c2c(c(O)c3occc13)OC(C)CC2=O. The van der Waals surface area contributed by atoms with Gasteiger partial charge >= 0.3 is 0 Å². The zero-order valence-corrected chi connectivity index (χ0v) is 10.0. The molecule has 1 N–H and O–H groups in total. The molecule has 0 fully saturated rings. The summed E-state index contributed by atoms with van der Waals surface area (Å²) in [6.45, 7) is 1.78. The van der Waals surface area contributed by atoms with E-state index in [4.69, 9.17) is 13.9 Å². The highest BCUT2D eigenvalue weighted by Gasteiger charge is 2.33. The molecular weight excluding hydrogens is 236 g/mol. The molecule has 0 radical (unpaired) electrons. The van der Waals surface area contributed by atoms with E-state index < -0.39 is 0 Å². The summed E-state index contributed by atoms with van der Waals surface area (Å²) in [5, 5.41) is 10.7. The van der Waals surface area contributed by atoms with Crippen molar-refractivity contribution in [3.63, 3.8) is 0 Å². The van der Waals surface area contributed by atoms with Crippen molar-refractivity contribution in [3.05, 3.63) is 17.9 Å². The zero-order valence-electron chi connectivity index (χ0n) is 10.0. The summed E-state index contributed by atoms with van der Waals surface area (Å²) in [6.07, 6.45) is 1.44. The first-order valence-corrected chi connectivity index (χ1v) is 5.63. The lowest BCUT2D eigenvalue weighted by Gasteiger charge is -2.24. The number of Topliss-reactive ketones (excluding diaryl/α,β-unsaturated/α-hetero) is 1. The number of hydrogen-bond acceptors (Lipinski definition) is 5. The molecule has 94 valence electrons. The molecule has 1 aromatic heterocycles. The van der Waals surface area contributed by atoms with Crippen LogP contribution in [0.5, 0.6) is 17.2 Å². The van der Waals surface area contributed by atoms with Gasteiger partial charge in [-0.2, -0.15) is 0 Å². The molecule has 2 aromatic rings. The van der Waals surface area contributed by atoms with Gasteiger partial charge in [-0.05, 0) is 13.0 Å². The maximum Gasteiger partial charge on any atom is 0.203 e. The van der Waals surface area contributed by atoms with Crippen LogP contribution >= 0.6 is 0 Å². The van der Waals surface area contributed by atoms with Crippen molar-refractivity contribution in [2.24, 2.45) is 0 Å². The molecule has 0 amide bonds. The quantitative estimate of drug-likeness (QED) is 0.839. The number of hydrogen-bond donors (Lipinski definition) is 1. The van der Waals surface area contributed by atoms with E-state index in [1.807, 2.05) is 0 Å². The highest BCUT2D eigenvalue weighted by Crippen LogP contribution is 2.48. The zero-order chi connectivity index (χ0) is 12.9. The number of ether oxygens (including phenoxy) is 2. The molecular formula is C13H12O5. The number of carbonyl (C=O) groups excluding carboxylic acids is 1. The number of aromatic hydroxyl groups is 1. The fraction of sp³-hybridized carbons (Fsp3) is 0.308. The van der Waals surface area contributed by atoms with Gasteiger partial charge in [-0.15, -0.1) is 0 Å².